The minimum atomic E-state index is -0.680. The molecule has 4 nitrogen and oxygen atoms in total. The molecule has 0 atom stereocenters. The highest BCUT2D eigenvalue weighted by atomic mass is 35.5. The number of rotatable bonds is 6. The second-order valence-corrected chi connectivity index (χ2v) is 10.9. The fourth-order valence-corrected chi connectivity index (χ4v) is 4.68. The summed E-state index contributed by atoms with van der Waals surface area (Å²) < 4.78 is 40.5. The van der Waals surface area contributed by atoms with Crippen LogP contribution in [0.4, 0.5) is 8.78 Å². The van der Waals surface area contributed by atoms with E-state index in [2.05, 4.69) is 4.90 Å². The monoisotopic (exact) mass is 491 g/mol. The average Bonchev–Trinajstić information content (AvgIpc) is 3.57. The zero-order chi connectivity index (χ0) is 24.6. The molecule has 0 bridgehead atoms. The molecule has 184 valence electrons. The molecule has 1 saturated carbocycles. The Bertz CT molecular complexity index is 1070. The lowest BCUT2D eigenvalue weighted by Gasteiger charge is -2.33. The zero-order valence-corrected chi connectivity index (χ0v) is 21.0. The molecule has 7 heteroatoms. The summed E-state index contributed by atoms with van der Waals surface area (Å²) in [5.41, 5.74) is 2.14. The molecular formula is C27H32ClF2NO3. The van der Waals surface area contributed by atoms with E-state index >= 15 is 0 Å². The Kier molecular flexibility index (Phi) is 7.20. The predicted octanol–water partition coefficient (Wildman–Crippen LogP) is 6.80. The number of piperidine rings is 1. The van der Waals surface area contributed by atoms with Gasteiger partial charge in [-0.05, 0) is 100 Å². The van der Waals surface area contributed by atoms with Gasteiger partial charge in [-0.25, -0.2) is 13.6 Å². The number of hydrogen-bond acceptors (Lipinski definition) is 4. The summed E-state index contributed by atoms with van der Waals surface area (Å²) in [4.78, 5) is 14.8. The summed E-state index contributed by atoms with van der Waals surface area (Å²) in [6.07, 6.45) is 3.47. The van der Waals surface area contributed by atoms with Crippen molar-refractivity contribution in [3.63, 3.8) is 0 Å². The predicted molar refractivity (Wildman–Crippen MR) is 129 cm³/mol. The van der Waals surface area contributed by atoms with Crippen LogP contribution in [0.2, 0.25) is 5.02 Å². The fraction of sp³-hybridized carbons (Fsp3) is 0.519. The van der Waals surface area contributed by atoms with E-state index in [0.717, 1.165) is 55.5 Å². The lowest BCUT2D eigenvalue weighted by Crippen LogP contribution is -2.38. The molecule has 0 spiro atoms. The van der Waals surface area contributed by atoms with Crippen LogP contribution in [0.1, 0.15) is 79.4 Å². The minimum absolute atomic E-state index is 0.00604. The third-order valence-corrected chi connectivity index (χ3v) is 6.50. The van der Waals surface area contributed by atoms with E-state index in [1.165, 1.54) is 6.07 Å². The number of nitrogens with zero attached hydrogens (tertiary/aromatic N) is 1. The first-order chi connectivity index (χ1) is 16.0. The van der Waals surface area contributed by atoms with Crippen LogP contribution >= 0.6 is 11.6 Å². The Labute approximate surface area is 205 Å². The van der Waals surface area contributed by atoms with Crippen LogP contribution in [0.3, 0.4) is 0 Å². The molecule has 1 aliphatic carbocycles. The van der Waals surface area contributed by atoms with Crippen LogP contribution in [0.5, 0.6) is 5.75 Å². The Balaban J connectivity index is 1.42. The highest BCUT2D eigenvalue weighted by Gasteiger charge is 2.31. The number of benzene rings is 2. The van der Waals surface area contributed by atoms with Crippen LogP contribution in [0.25, 0.3) is 0 Å². The molecule has 1 heterocycles. The molecule has 0 radical (unpaired) electrons. The van der Waals surface area contributed by atoms with Crippen LogP contribution in [-0.2, 0) is 11.3 Å². The number of carbonyl (C=O) groups is 1. The maximum atomic E-state index is 14.9. The van der Waals surface area contributed by atoms with Crippen molar-refractivity contribution >= 4 is 17.6 Å². The van der Waals surface area contributed by atoms with Gasteiger partial charge in [-0.3, -0.25) is 4.90 Å². The minimum Gasteiger partial charge on any atom is -0.487 e. The van der Waals surface area contributed by atoms with Crippen LogP contribution < -0.4 is 4.74 Å². The van der Waals surface area contributed by atoms with Gasteiger partial charge in [0, 0.05) is 19.6 Å². The highest BCUT2D eigenvalue weighted by molar-refractivity contribution is 6.30. The van der Waals surface area contributed by atoms with Gasteiger partial charge in [-0.15, -0.1) is 0 Å². The van der Waals surface area contributed by atoms with Crippen molar-refractivity contribution in [3.05, 3.63) is 63.2 Å². The van der Waals surface area contributed by atoms with Crippen LogP contribution in [0.15, 0.2) is 24.3 Å². The van der Waals surface area contributed by atoms with E-state index in [4.69, 9.17) is 21.1 Å². The molecule has 0 amide bonds. The van der Waals surface area contributed by atoms with Gasteiger partial charge in [-0.1, -0.05) is 11.6 Å². The van der Waals surface area contributed by atoms with Gasteiger partial charge in [0.15, 0.2) is 11.6 Å². The smallest absolute Gasteiger partial charge is 0.341 e. The summed E-state index contributed by atoms with van der Waals surface area (Å²) in [7, 11) is 0. The first-order valence-corrected chi connectivity index (χ1v) is 12.3. The molecule has 0 unspecified atom stereocenters. The maximum absolute atomic E-state index is 14.9. The number of hydrogen-bond donors (Lipinski definition) is 0. The fourth-order valence-electron chi connectivity index (χ4n) is 4.42. The summed E-state index contributed by atoms with van der Waals surface area (Å²) in [5, 5.41) is 0.0666. The second-order valence-electron chi connectivity index (χ2n) is 10.5. The molecule has 0 N–H and O–H groups in total. The first-order valence-electron chi connectivity index (χ1n) is 11.9. The van der Waals surface area contributed by atoms with Gasteiger partial charge in [0.2, 0.25) is 0 Å². The van der Waals surface area contributed by atoms with Gasteiger partial charge in [0.25, 0.3) is 0 Å². The van der Waals surface area contributed by atoms with Crippen molar-refractivity contribution in [3.8, 4) is 5.75 Å². The molecule has 4 rings (SSSR count). The molecule has 1 aliphatic heterocycles. The zero-order valence-electron chi connectivity index (χ0n) is 20.2. The number of aryl methyl sites for hydroxylation is 1. The summed E-state index contributed by atoms with van der Waals surface area (Å²) >= 11 is 5.95. The van der Waals surface area contributed by atoms with Crippen LogP contribution in [-0.4, -0.2) is 35.7 Å². The molecule has 2 aromatic rings. The Morgan fingerprint density at radius 1 is 1.09 bits per heavy atom. The normalized spacial score (nSPS) is 17.6. The lowest BCUT2D eigenvalue weighted by atomic mass is 9.97. The van der Waals surface area contributed by atoms with E-state index in [0.29, 0.717) is 12.5 Å². The average molecular weight is 492 g/mol. The van der Waals surface area contributed by atoms with E-state index in [1.807, 2.05) is 6.92 Å². The van der Waals surface area contributed by atoms with Gasteiger partial charge < -0.3 is 9.47 Å². The third kappa shape index (κ3) is 6.08. The second kappa shape index (κ2) is 9.82. The first kappa shape index (κ1) is 24.9. The van der Waals surface area contributed by atoms with Crippen molar-refractivity contribution in [2.24, 2.45) is 0 Å². The Hall–Kier alpha value is -2.18. The summed E-state index contributed by atoms with van der Waals surface area (Å²) in [6.45, 7) is 9.29. The van der Waals surface area contributed by atoms with Gasteiger partial charge in [0.1, 0.15) is 17.5 Å². The van der Waals surface area contributed by atoms with E-state index < -0.39 is 23.2 Å². The van der Waals surface area contributed by atoms with Crippen molar-refractivity contribution in [1.29, 1.82) is 0 Å². The van der Waals surface area contributed by atoms with E-state index in [1.54, 1.807) is 39.0 Å². The quantitative estimate of drug-likeness (QED) is 0.416. The van der Waals surface area contributed by atoms with Gasteiger partial charge >= 0.3 is 5.97 Å². The molecule has 1 saturated heterocycles. The van der Waals surface area contributed by atoms with Gasteiger partial charge in [-0.2, -0.15) is 0 Å². The molecule has 2 fully saturated rings. The van der Waals surface area contributed by atoms with Crippen molar-refractivity contribution in [2.75, 3.05) is 13.1 Å². The number of likely N-dealkylation sites (tertiary alicyclic amines) is 1. The Morgan fingerprint density at radius 2 is 1.76 bits per heavy atom. The van der Waals surface area contributed by atoms with Crippen molar-refractivity contribution < 1.29 is 23.0 Å². The molecular weight excluding hydrogens is 460 g/mol. The molecule has 2 aliphatic rings. The van der Waals surface area contributed by atoms with Gasteiger partial charge in [0.05, 0.1) is 10.6 Å². The lowest BCUT2D eigenvalue weighted by molar-refractivity contribution is 0.00644. The SMILES string of the molecule is Cc1cc(Cl)c(F)c(OC2CCN(Cc3cc(F)c(C(=O)OC(C)(C)C)cc3C3CC3)CC2)c1. The number of halogens is 3. The third-order valence-electron chi connectivity index (χ3n) is 6.23. The molecule has 2 aromatic carbocycles. The Morgan fingerprint density at radius 3 is 2.38 bits per heavy atom. The topological polar surface area (TPSA) is 38.8 Å². The van der Waals surface area contributed by atoms with E-state index in [9.17, 15) is 13.6 Å². The van der Waals surface area contributed by atoms with Crippen molar-refractivity contribution in [2.45, 2.75) is 77.5 Å². The van der Waals surface area contributed by atoms with Crippen molar-refractivity contribution in [1.82, 2.24) is 4.90 Å². The van der Waals surface area contributed by atoms with Crippen LogP contribution in [0, 0.1) is 18.6 Å². The highest BCUT2D eigenvalue weighted by Crippen LogP contribution is 2.43. The number of carbonyl (C=O) groups excluding carboxylic acids is 1. The van der Waals surface area contributed by atoms with E-state index in [-0.39, 0.29) is 22.4 Å². The summed E-state index contributed by atoms with van der Waals surface area (Å²) in [5.74, 6) is -1.13. The standard InChI is InChI=1S/C27H32ClF2NO3/c1-16-11-22(28)25(30)24(12-16)33-19-7-9-31(10-8-19)15-18-13-23(29)21(14-20(18)17-5-6-17)26(32)34-27(2,3)4/h11-14,17,19H,5-10,15H2,1-4H3. The number of ether oxygens (including phenoxy) is 2. The maximum Gasteiger partial charge on any atom is 0.341 e. The summed E-state index contributed by atoms with van der Waals surface area (Å²) in [6, 6.07) is 6.44. The number of esters is 1. The largest absolute Gasteiger partial charge is 0.487 e. The molecule has 34 heavy (non-hydrogen) atoms. The molecule has 0 aromatic heterocycles.